The quantitative estimate of drug-likeness (QED) is 0.582. The van der Waals surface area contributed by atoms with Crippen molar-refractivity contribution in [3.8, 4) is 0 Å². The second-order valence-electron chi connectivity index (χ2n) is 4.87. The van der Waals surface area contributed by atoms with Gasteiger partial charge in [-0.3, -0.25) is 4.79 Å². The normalized spacial score (nSPS) is 25.6. The highest BCUT2D eigenvalue weighted by Gasteiger charge is 2.28. The fourth-order valence-electron chi connectivity index (χ4n) is 2.25. The van der Waals surface area contributed by atoms with Crippen molar-refractivity contribution in [3.05, 3.63) is 37.0 Å². The number of carbonyl (C=O) groups excluding carboxylic acids is 1. The first-order valence-corrected chi connectivity index (χ1v) is 6.38. The van der Waals surface area contributed by atoms with E-state index in [1.807, 2.05) is 0 Å². The molecule has 3 nitrogen and oxygen atoms in total. The second-order valence-corrected chi connectivity index (χ2v) is 4.87. The van der Waals surface area contributed by atoms with Crippen LogP contribution in [0, 0.1) is 11.8 Å². The van der Waals surface area contributed by atoms with Crippen LogP contribution in [-0.2, 0) is 9.53 Å². The molecule has 3 atom stereocenters. The fraction of sp³-hybridized carbons (Fsp3) is 0.533. The van der Waals surface area contributed by atoms with E-state index in [1.54, 1.807) is 12.2 Å². The van der Waals surface area contributed by atoms with Gasteiger partial charge in [0.15, 0.2) is 0 Å². The molecule has 3 unspecified atom stereocenters. The molecule has 0 aromatic carbocycles. The number of esters is 1. The molecule has 18 heavy (non-hydrogen) atoms. The summed E-state index contributed by atoms with van der Waals surface area (Å²) in [5.74, 6) is 0.403. The SMILES string of the molecule is C=C/C=C(\C=C)C(O)COC(=O)C1CCC(C)C1. The Morgan fingerprint density at radius 3 is 2.72 bits per heavy atom. The molecule has 0 amide bonds. The zero-order chi connectivity index (χ0) is 13.5. The van der Waals surface area contributed by atoms with E-state index in [2.05, 4.69) is 20.1 Å². The average molecular weight is 250 g/mol. The maximum Gasteiger partial charge on any atom is 0.309 e. The number of ether oxygens (including phenoxy) is 1. The molecular weight excluding hydrogens is 228 g/mol. The van der Waals surface area contributed by atoms with Crippen molar-refractivity contribution in [1.82, 2.24) is 0 Å². The summed E-state index contributed by atoms with van der Waals surface area (Å²) in [5.41, 5.74) is 0.609. The summed E-state index contributed by atoms with van der Waals surface area (Å²) in [6.45, 7) is 9.28. The largest absolute Gasteiger partial charge is 0.462 e. The third kappa shape index (κ3) is 4.15. The van der Waals surface area contributed by atoms with Crippen molar-refractivity contribution in [1.29, 1.82) is 0 Å². The van der Waals surface area contributed by atoms with Crippen LogP contribution in [0.25, 0.3) is 0 Å². The predicted octanol–water partition coefficient (Wildman–Crippen LogP) is 2.63. The molecule has 0 aromatic heterocycles. The minimum absolute atomic E-state index is 0.00256. The van der Waals surface area contributed by atoms with E-state index < -0.39 is 6.10 Å². The molecule has 0 spiro atoms. The maximum absolute atomic E-state index is 11.8. The van der Waals surface area contributed by atoms with E-state index in [1.165, 1.54) is 6.08 Å². The van der Waals surface area contributed by atoms with Gasteiger partial charge >= 0.3 is 5.97 Å². The Morgan fingerprint density at radius 2 is 2.22 bits per heavy atom. The second kappa shape index (κ2) is 7.17. The lowest BCUT2D eigenvalue weighted by Crippen LogP contribution is -2.23. The lowest BCUT2D eigenvalue weighted by molar-refractivity contribution is -0.150. The van der Waals surface area contributed by atoms with Gasteiger partial charge in [-0.25, -0.2) is 0 Å². The van der Waals surface area contributed by atoms with Crippen LogP contribution in [0.15, 0.2) is 37.0 Å². The first kappa shape index (κ1) is 14.7. The Balaban J connectivity index is 2.40. The molecule has 1 saturated carbocycles. The fourth-order valence-corrected chi connectivity index (χ4v) is 2.25. The average Bonchev–Trinajstić information content (AvgIpc) is 2.79. The number of carbonyl (C=O) groups is 1. The Kier molecular flexibility index (Phi) is 5.86. The standard InChI is InChI=1S/C15H22O3/c1-4-6-12(5-2)14(16)10-18-15(17)13-8-7-11(3)9-13/h4-6,11,13-14,16H,1-2,7-10H2,3H3/b12-6+. The summed E-state index contributed by atoms with van der Waals surface area (Å²) in [6.07, 6.45) is 6.81. The van der Waals surface area contributed by atoms with Crippen LogP contribution >= 0.6 is 0 Å². The Bertz CT molecular complexity index is 344. The van der Waals surface area contributed by atoms with Gasteiger partial charge in [0, 0.05) is 0 Å². The molecule has 1 fully saturated rings. The van der Waals surface area contributed by atoms with Crippen molar-refractivity contribution < 1.29 is 14.6 Å². The molecule has 1 rings (SSSR count). The number of hydrogen-bond acceptors (Lipinski definition) is 3. The van der Waals surface area contributed by atoms with Gasteiger partial charge in [0.25, 0.3) is 0 Å². The van der Waals surface area contributed by atoms with Gasteiger partial charge in [-0.15, -0.1) is 0 Å². The molecule has 1 aliphatic carbocycles. The number of rotatable bonds is 6. The molecule has 0 bridgehead atoms. The number of aliphatic hydroxyl groups is 1. The highest BCUT2D eigenvalue weighted by atomic mass is 16.5. The van der Waals surface area contributed by atoms with Crippen molar-refractivity contribution in [3.63, 3.8) is 0 Å². The lowest BCUT2D eigenvalue weighted by Gasteiger charge is -2.14. The van der Waals surface area contributed by atoms with Gasteiger partial charge in [-0.2, -0.15) is 0 Å². The number of hydrogen-bond donors (Lipinski definition) is 1. The first-order valence-electron chi connectivity index (χ1n) is 6.38. The topological polar surface area (TPSA) is 46.5 Å². The van der Waals surface area contributed by atoms with E-state index in [0.717, 1.165) is 19.3 Å². The molecule has 1 aliphatic rings. The van der Waals surface area contributed by atoms with E-state index in [0.29, 0.717) is 11.5 Å². The van der Waals surface area contributed by atoms with Gasteiger partial charge in [-0.1, -0.05) is 38.3 Å². The van der Waals surface area contributed by atoms with Gasteiger partial charge in [0.05, 0.1) is 5.92 Å². The molecule has 0 saturated heterocycles. The van der Waals surface area contributed by atoms with Crippen molar-refractivity contribution in [2.75, 3.05) is 6.61 Å². The number of allylic oxidation sites excluding steroid dienone is 2. The van der Waals surface area contributed by atoms with Crippen LogP contribution in [0.1, 0.15) is 26.2 Å². The van der Waals surface area contributed by atoms with Crippen LogP contribution in [-0.4, -0.2) is 23.8 Å². The van der Waals surface area contributed by atoms with Crippen LogP contribution < -0.4 is 0 Å². The third-order valence-electron chi connectivity index (χ3n) is 3.34. The van der Waals surface area contributed by atoms with Crippen LogP contribution in [0.3, 0.4) is 0 Å². The summed E-state index contributed by atoms with van der Waals surface area (Å²) >= 11 is 0. The third-order valence-corrected chi connectivity index (χ3v) is 3.34. The van der Waals surface area contributed by atoms with Gasteiger partial charge in [0.1, 0.15) is 12.7 Å². The Labute approximate surface area is 109 Å². The lowest BCUT2D eigenvalue weighted by atomic mass is 10.1. The van der Waals surface area contributed by atoms with E-state index in [4.69, 9.17) is 4.74 Å². The van der Waals surface area contributed by atoms with Crippen LogP contribution in [0.5, 0.6) is 0 Å². The van der Waals surface area contributed by atoms with Crippen molar-refractivity contribution in [2.45, 2.75) is 32.3 Å². The molecule has 0 aliphatic heterocycles. The molecule has 0 heterocycles. The van der Waals surface area contributed by atoms with E-state index >= 15 is 0 Å². The maximum atomic E-state index is 11.8. The summed E-state index contributed by atoms with van der Waals surface area (Å²) in [7, 11) is 0. The van der Waals surface area contributed by atoms with Crippen LogP contribution in [0.2, 0.25) is 0 Å². The van der Waals surface area contributed by atoms with Crippen molar-refractivity contribution in [2.24, 2.45) is 11.8 Å². The molecule has 100 valence electrons. The molecule has 0 aromatic rings. The molecule has 1 N–H and O–H groups in total. The highest BCUT2D eigenvalue weighted by Crippen LogP contribution is 2.31. The molecule has 3 heteroatoms. The van der Waals surface area contributed by atoms with Gasteiger partial charge in [0.2, 0.25) is 0 Å². The minimum Gasteiger partial charge on any atom is -0.462 e. The highest BCUT2D eigenvalue weighted by molar-refractivity contribution is 5.72. The molecular formula is C15H22O3. The monoisotopic (exact) mass is 250 g/mol. The first-order chi connectivity index (χ1) is 8.58. The predicted molar refractivity (Wildman–Crippen MR) is 71.9 cm³/mol. The summed E-state index contributed by atoms with van der Waals surface area (Å²) < 4.78 is 5.15. The summed E-state index contributed by atoms with van der Waals surface area (Å²) in [6, 6.07) is 0. The smallest absolute Gasteiger partial charge is 0.309 e. The molecule has 0 radical (unpaired) electrons. The van der Waals surface area contributed by atoms with Gasteiger partial charge < -0.3 is 9.84 Å². The van der Waals surface area contributed by atoms with Crippen molar-refractivity contribution >= 4 is 5.97 Å². The minimum atomic E-state index is -0.830. The summed E-state index contributed by atoms with van der Waals surface area (Å²) in [4.78, 5) is 11.8. The summed E-state index contributed by atoms with van der Waals surface area (Å²) in [5, 5.41) is 9.82. The Morgan fingerprint density at radius 1 is 1.50 bits per heavy atom. The zero-order valence-corrected chi connectivity index (χ0v) is 11.0. The van der Waals surface area contributed by atoms with E-state index in [-0.39, 0.29) is 18.5 Å². The van der Waals surface area contributed by atoms with E-state index in [9.17, 15) is 9.90 Å². The number of aliphatic hydroxyl groups excluding tert-OH is 1. The van der Waals surface area contributed by atoms with Crippen LogP contribution in [0.4, 0.5) is 0 Å². The zero-order valence-electron chi connectivity index (χ0n) is 11.0. The Hall–Kier alpha value is -1.35. The van der Waals surface area contributed by atoms with Gasteiger partial charge in [-0.05, 0) is 30.8 Å².